The van der Waals surface area contributed by atoms with Gasteiger partial charge < -0.3 is 10.6 Å². The van der Waals surface area contributed by atoms with Crippen molar-refractivity contribution in [2.45, 2.75) is 20.3 Å². The first-order chi connectivity index (χ1) is 9.19. The molecule has 0 aliphatic carbocycles. The molecule has 2 heterocycles. The largest absolute Gasteiger partial charge is 0.369 e. The van der Waals surface area contributed by atoms with Gasteiger partial charge in [-0.2, -0.15) is 4.98 Å². The first kappa shape index (κ1) is 14.3. The molecule has 0 amide bonds. The molecule has 19 heavy (non-hydrogen) atoms. The lowest BCUT2D eigenvalue weighted by atomic mass is 10.3. The second kappa shape index (κ2) is 6.86. The van der Waals surface area contributed by atoms with Crippen molar-refractivity contribution in [3.63, 3.8) is 0 Å². The zero-order chi connectivity index (χ0) is 13.7. The SMILES string of the molecule is CCNc1ncc(C)c(NCCc2ccc(Br)s2)n1. The predicted octanol–water partition coefficient (Wildman–Crippen LogP) is 3.70. The molecule has 2 N–H and O–H groups in total. The number of aromatic nitrogens is 2. The van der Waals surface area contributed by atoms with E-state index in [0.29, 0.717) is 5.95 Å². The van der Waals surface area contributed by atoms with Gasteiger partial charge in [0.05, 0.1) is 3.79 Å². The summed E-state index contributed by atoms with van der Waals surface area (Å²) in [4.78, 5) is 10.1. The smallest absolute Gasteiger partial charge is 0.224 e. The van der Waals surface area contributed by atoms with Gasteiger partial charge in [-0.1, -0.05) is 0 Å². The Kier molecular flexibility index (Phi) is 5.15. The van der Waals surface area contributed by atoms with Gasteiger partial charge in [0.1, 0.15) is 5.82 Å². The molecule has 4 nitrogen and oxygen atoms in total. The highest BCUT2D eigenvalue weighted by molar-refractivity contribution is 9.11. The van der Waals surface area contributed by atoms with E-state index in [4.69, 9.17) is 0 Å². The van der Waals surface area contributed by atoms with Crippen molar-refractivity contribution < 1.29 is 0 Å². The van der Waals surface area contributed by atoms with E-state index in [1.165, 1.54) is 8.66 Å². The number of nitrogens with zero attached hydrogens (tertiary/aromatic N) is 2. The molecular weight excluding hydrogens is 324 g/mol. The molecule has 0 aromatic carbocycles. The van der Waals surface area contributed by atoms with Crippen LogP contribution in [0.2, 0.25) is 0 Å². The summed E-state index contributed by atoms with van der Waals surface area (Å²) in [5.41, 5.74) is 1.06. The van der Waals surface area contributed by atoms with Crippen molar-refractivity contribution in [3.05, 3.63) is 32.6 Å². The zero-order valence-corrected chi connectivity index (χ0v) is 13.4. The van der Waals surface area contributed by atoms with E-state index in [9.17, 15) is 0 Å². The second-order valence-corrected chi connectivity index (χ2v) is 6.69. The predicted molar refractivity (Wildman–Crippen MR) is 85.1 cm³/mol. The minimum absolute atomic E-state index is 0.675. The number of hydrogen-bond donors (Lipinski definition) is 2. The van der Waals surface area contributed by atoms with Crippen LogP contribution in [0.1, 0.15) is 17.4 Å². The Labute approximate surface area is 125 Å². The third-order valence-corrected chi connectivity index (χ3v) is 4.28. The van der Waals surface area contributed by atoms with Crippen molar-refractivity contribution >= 4 is 39.0 Å². The Morgan fingerprint density at radius 3 is 2.84 bits per heavy atom. The molecule has 0 fully saturated rings. The molecule has 2 rings (SSSR count). The summed E-state index contributed by atoms with van der Waals surface area (Å²) in [6.07, 6.45) is 2.84. The monoisotopic (exact) mass is 340 g/mol. The van der Waals surface area contributed by atoms with Crippen molar-refractivity contribution in [1.82, 2.24) is 9.97 Å². The van der Waals surface area contributed by atoms with Crippen molar-refractivity contribution in [2.75, 3.05) is 23.7 Å². The van der Waals surface area contributed by atoms with Crippen molar-refractivity contribution in [3.8, 4) is 0 Å². The van der Waals surface area contributed by atoms with Crippen molar-refractivity contribution in [2.24, 2.45) is 0 Å². The maximum Gasteiger partial charge on any atom is 0.224 e. The van der Waals surface area contributed by atoms with Crippen molar-refractivity contribution in [1.29, 1.82) is 0 Å². The number of hydrogen-bond acceptors (Lipinski definition) is 5. The lowest BCUT2D eigenvalue weighted by molar-refractivity contribution is 1.00. The highest BCUT2D eigenvalue weighted by atomic mass is 79.9. The lowest BCUT2D eigenvalue weighted by Crippen LogP contribution is -2.10. The molecule has 0 spiro atoms. The van der Waals surface area contributed by atoms with Crippen LogP contribution >= 0.6 is 27.3 Å². The van der Waals surface area contributed by atoms with E-state index in [1.54, 1.807) is 11.3 Å². The Hall–Kier alpha value is -1.14. The zero-order valence-electron chi connectivity index (χ0n) is 11.0. The highest BCUT2D eigenvalue weighted by Gasteiger charge is 2.03. The van der Waals surface area contributed by atoms with E-state index < -0.39 is 0 Å². The average Bonchev–Trinajstić information content (AvgIpc) is 2.79. The Bertz CT molecular complexity index is 541. The molecule has 0 radical (unpaired) electrons. The summed E-state index contributed by atoms with van der Waals surface area (Å²) in [5, 5.41) is 6.49. The van der Waals surface area contributed by atoms with E-state index >= 15 is 0 Å². The second-order valence-electron chi connectivity index (χ2n) is 4.14. The normalized spacial score (nSPS) is 10.5. The highest BCUT2D eigenvalue weighted by Crippen LogP contribution is 2.22. The fourth-order valence-corrected chi connectivity index (χ4v) is 3.14. The third-order valence-electron chi connectivity index (χ3n) is 2.60. The van der Waals surface area contributed by atoms with E-state index in [2.05, 4.69) is 48.7 Å². The average molecular weight is 341 g/mol. The molecule has 0 aliphatic heterocycles. The van der Waals surface area contributed by atoms with Crippen LogP contribution in [0.25, 0.3) is 0 Å². The standard InChI is InChI=1S/C13H17BrN4S/c1-3-15-13-17-8-9(2)12(18-13)16-7-6-10-4-5-11(14)19-10/h4-5,8H,3,6-7H2,1-2H3,(H2,15,16,17,18). The van der Waals surface area contributed by atoms with Gasteiger partial charge in [0.2, 0.25) is 5.95 Å². The number of rotatable bonds is 6. The van der Waals surface area contributed by atoms with Gasteiger partial charge in [-0.3, -0.25) is 0 Å². The maximum atomic E-state index is 4.46. The van der Waals surface area contributed by atoms with Gasteiger partial charge >= 0.3 is 0 Å². The van der Waals surface area contributed by atoms with Gasteiger partial charge in [0, 0.05) is 29.7 Å². The summed E-state index contributed by atoms with van der Waals surface area (Å²) in [6, 6.07) is 4.23. The van der Waals surface area contributed by atoms with Crippen LogP contribution in [0.4, 0.5) is 11.8 Å². The van der Waals surface area contributed by atoms with Gasteiger partial charge in [-0.25, -0.2) is 4.98 Å². The fourth-order valence-electron chi connectivity index (χ4n) is 1.65. The molecule has 0 aliphatic rings. The third kappa shape index (κ3) is 4.18. The Morgan fingerprint density at radius 2 is 2.16 bits per heavy atom. The van der Waals surface area contributed by atoms with E-state index in [-0.39, 0.29) is 0 Å². The maximum absolute atomic E-state index is 4.46. The quantitative estimate of drug-likeness (QED) is 0.841. The van der Waals surface area contributed by atoms with Gasteiger partial charge in [-0.15, -0.1) is 11.3 Å². The number of thiophene rings is 1. The molecule has 2 aromatic rings. The van der Waals surface area contributed by atoms with Gasteiger partial charge in [0.25, 0.3) is 0 Å². The van der Waals surface area contributed by atoms with Crippen LogP contribution in [0.15, 0.2) is 22.1 Å². The fraction of sp³-hybridized carbons (Fsp3) is 0.385. The number of aryl methyl sites for hydroxylation is 1. The van der Waals surface area contributed by atoms with E-state index in [1.807, 2.05) is 20.0 Å². The summed E-state index contributed by atoms with van der Waals surface area (Å²) in [7, 11) is 0. The Morgan fingerprint density at radius 1 is 1.32 bits per heavy atom. The number of halogens is 1. The molecular formula is C13H17BrN4S. The molecule has 102 valence electrons. The van der Waals surface area contributed by atoms with Crippen LogP contribution in [-0.2, 0) is 6.42 Å². The topological polar surface area (TPSA) is 49.8 Å². The van der Waals surface area contributed by atoms with Gasteiger partial charge in [0.15, 0.2) is 0 Å². The van der Waals surface area contributed by atoms with Crippen LogP contribution in [0.3, 0.4) is 0 Å². The lowest BCUT2D eigenvalue weighted by Gasteiger charge is -2.09. The number of anilines is 2. The summed E-state index contributed by atoms with van der Waals surface area (Å²) >= 11 is 5.25. The summed E-state index contributed by atoms with van der Waals surface area (Å²) in [6.45, 7) is 5.74. The van der Waals surface area contributed by atoms with Crippen LogP contribution < -0.4 is 10.6 Å². The van der Waals surface area contributed by atoms with Crippen LogP contribution in [-0.4, -0.2) is 23.1 Å². The van der Waals surface area contributed by atoms with Crippen LogP contribution in [0, 0.1) is 6.92 Å². The summed E-state index contributed by atoms with van der Waals surface area (Å²) in [5.74, 6) is 1.58. The molecule has 0 saturated heterocycles. The Balaban J connectivity index is 1.93. The molecule has 0 saturated carbocycles. The molecule has 0 unspecified atom stereocenters. The number of nitrogens with one attached hydrogen (secondary N) is 2. The first-order valence-corrected chi connectivity index (χ1v) is 7.85. The van der Waals surface area contributed by atoms with Gasteiger partial charge in [-0.05, 0) is 48.3 Å². The van der Waals surface area contributed by atoms with Crippen LogP contribution in [0.5, 0.6) is 0 Å². The molecule has 0 bridgehead atoms. The molecule has 0 atom stereocenters. The summed E-state index contributed by atoms with van der Waals surface area (Å²) < 4.78 is 1.18. The van der Waals surface area contributed by atoms with E-state index in [0.717, 1.165) is 30.9 Å². The molecule has 6 heteroatoms. The minimum atomic E-state index is 0.675. The minimum Gasteiger partial charge on any atom is -0.369 e. The molecule has 2 aromatic heterocycles. The first-order valence-electron chi connectivity index (χ1n) is 6.24.